The van der Waals surface area contributed by atoms with Crippen LogP contribution in [0.4, 0.5) is 4.39 Å². The number of aromatic nitrogens is 1. The molecule has 0 saturated heterocycles. The Hall–Kier alpha value is -3.20. The van der Waals surface area contributed by atoms with E-state index in [1.165, 1.54) is 18.3 Å². The van der Waals surface area contributed by atoms with Crippen LogP contribution >= 0.6 is 11.6 Å². The zero-order chi connectivity index (χ0) is 24.8. The standard InChI is InChI=1S/C25H25ClFN3O5/c1-15(31)30-6-4-16(5-7-30)23-28-10-21(35-23)20(32)9-24-12-25(13-24,14-24)29-22(33)11-34-17-2-3-18(26)19(27)8-17/h2-4,8,10H,5-7,9,11-14H2,1H3,(H,29,33). The number of ketones is 1. The lowest BCUT2D eigenvalue weighted by Crippen LogP contribution is -2.75. The van der Waals surface area contributed by atoms with Gasteiger partial charge < -0.3 is 19.4 Å². The maximum atomic E-state index is 13.5. The Balaban J connectivity index is 1.08. The summed E-state index contributed by atoms with van der Waals surface area (Å²) in [6, 6.07) is 4.01. The van der Waals surface area contributed by atoms with Gasteiger partial charge >= 0.3 is 0 Å². The number of nitrogens with zero attached hydrogens (tertiary/aromatic N) is 2. The van der Waals surface area contributed by atoms with E-state index < -0.39 is 5.82 Å². The van der Waals surface area contributed by atoms with Gasteiger partial charge in [0.15, 0.2) is 18.2 Å². The second-order valence-electron chi connectivity index (χ2n) is 9.80. The number of hydrogen-bond donors (Lipinski definition) is 1. The first kappa shape index (κ1) is 23.5. The number of nitrogens with one attached hydrogen (secondary N) is 1. The van der Waals surface area contributed by atoms with E-state index in [-0.39, 0.29) is 51.7 Å². The molecule has 4 aliphatic rings. The van der Waals surface area contributed by atoms with Crippen LogP contribution in [0.2, 0.25) is 5.02 Å². The molecule has 6 rings (SSSR count). The van der Waals surface area contributed by atoms with Crippen LogP contribution in [0.25, 0.3) is 5.57 Å². The zero-order valence-corrected chi connectivity index (χ0v) is 20.0. The van der Waals surface area contributed by atoms with Crippen molar-refractivity contribution in [2.75, 3.05) is 19.7 Å². The highest BCUT2D eigenvalue weighted by Gasteiger charge is 2.68. The number of oxazole rings is 1. The van der Waals surface area contributed by atoms with Gasteiger partial charge in [0.25, 0.3) is 5.91 Å². The van der Waals surface area contributed by atoms with Crippen molar-refractivity contribution in [3.05, 3.63) is 53.0 Å². The normalized spacial score (nSPS) is 24.7. The summed E-state index contributed by atoms with van der Waals surface area (Å²) in [5, 5.41) is 2.98. The van der Waals surface area contributed by atoms with Crippen LogP contribution in [-0.2, 0) is 9.59 Å². The van der Waals surface area contributed by atoms with Crippen LogP contribution in [-0.4, -0.2) is 52.7 Å². The molecule has 2 amide bonds. The second kappa shape index (κ2) is 8.78. The fraction of sp³-hybridized carbons (Fsp3) is 0.440. The van der Waals surface area contributed by atoms with E-state index in [1.54, 1.807) is 11.8 Å². The van der Waals surface area contributed by atoms with Crippen molar-refractivity contribution in [2.45, 2.75) is 44.6 Å². The Kier molecular flexibility index (Phi) is 5.91. The average Bonchev–Trinajstić information content (AvgIpc) is 3.28. The minimum Gasteiger partial charge on any atom is -0.484 e. The van der Waals surface area contributed by atoms with Gasteiger partial charge in [0.05, 0.1) is 11.2 Å². The summed E-state index contributed by atoms with van der Waals surface area (Å²) in [4.78, 5) is 42.6. The number of carbonyl (C=O) groups is 3. The molecule has 0 radical (unpaired) electrons. The van der Waals surface area contributed by atoms with Crippen LogP contribution < -0.4 is 10.1 Å². The van der Waals surface area contributed by atoms with E-state index >= 15 is 0 Å². The van der Waals surface area contributed by atoms with E-state index in [4.69, 9.17) is 20.8 Å². The van der Waals surface area contributed by atoms with E-state index in [0.717, 1.165) is 30.9 Å². The molecule has 0 atom stereocenters. The molecule has 2 heterocycles. The first-order chi connectivity index (χ1) is 16.7. The lowest BCUT2D eigenvalue weighted by Gasteiger charge is -2.70. The van der Waals surface area contributed by atoms with E-state index in [0.29, 0.717) is 31.8 Å². The molecule has 2 aromatic rings. The lowest BCUT2D eigenvalue weighted by molar-refractivity contribution is -0.164. The van der Waals surface area contributed by atoms with Crippen LogP contribution in [0.3, 0.4) is 0 Å². The smallest absolute Gasteiger partial charge is 0.258 e. The van der Waals surface area contributed by atoms with Gasteiger partial charge in [0, 0.05) is 43.6 Å². The van der Waals surface area contributed by atoms with E-state index in [1.807, 2.05) is 6.08 Å². The molecule has 8 nitrogen and oxygen atoms in total. The summed E-state index contributed by atoms with van der Waals surface area (Å²) in [5.41, 5.74) is 0.481. The number of amides is 2. The Bertz CT molecular complexity index is 1220. The first-order valence-electron chi connectivity index (χ1n) is 11.5. The molecule has 0 unspecified atom stereocenters. The fourth-order valence-corrected chi connectivity index (χ4v) is 5.61. The molecule has 184 valence electrons. The van der Waals surface area contributed by atoms with Gasteiger partial charge in [-0.15, -0.1) is 0 Å². The van der Waals surface area contributed by atoms with Gasteiger partial charge in [0.2, 0.25) is 11.8 Å². The molecule has 10 heteroatoms. The number of ether oxygens (including phenoxy) is 1. The molecule has 1 aliphatic heterocycles. The number of carbonyl (C=O) groups excluding carboxylic acids is 3. The van der Waals surface area contributed by atoms with Gasteiger partial charge in [-0.05, 0) is 43.2 Å². The maximum Gasteiger partial charge on any atom is 0.258 e. The third-order valence-corrected chi connectivity index (χ3v) is 7.36. The summed E-state index contributed by atoms with van der Waals surface area (Å²) in [6.45, 7) is 2.43. The summed E-state index contributed by atoms with van der Waals surface area (Å²) >= 11 is 5.64. The van der Waals surface area contributed by atoms with Crippen LogP contribution in [0, 0.1) is 11.2 Å². The third-order valence-electron chi connectivity index (χ3n) is 7.05. The maximum absolute atomic E-state index is 13.5. The number of hydrogen-bond acceptors (Lipinski definition) is 6. The average molecular weight is 502 g/mol. The molecule has 1 aromatic carbocycles. The topological polar surface area (TPSA) is 102 Å². The van der Waals surface area contributed by atoms with Crippen molar-refractivity contribution in [1.82, 2.24) is 15.2 Å². The van der Waals surface area contributed by atoms with Gasteiger partial charge in [-0.25, -0.2) is 9.37 Å². The molecule has 3 aliphatic carbocycles. The monoisotopic (exact) mass is 501 g/mol. The number of benzene rings is 1. The minimum absolute atomic E-state index is 0.0100. The predicted molar refractivity (Wildman–Crippen MR) is 124 cm³/mol. The zero-order valence-electron chi connectivity index (χ0n) is 19.2. The van der Waals surface area contributed by atoms with Crippen molar-refractivity contribution < 1.29 is 27.9 Å². The Morgan fingerprint density at radius 3 is 2.71 bits per heavy atom. The summed E-state index contributed by atoms with van der Waals surface area (Å²) in [6.07, 6.45) is 6.52. The van der Waals surface area contributed by atoms with Gasteiger partial charge in [0.1, 0.15) is 11.6 Å². The largest absolute Gasteiger partial charge is 0.484 e. The van der Waals surface area contributed by atoms with Crippen LogP contribution in [0.5, 0.6) is 5.75 Å². The Morgan fingerprint density at radius 1 is 1.29 bits per heavy atom. The molecule has 3 saturated carbocycles. The van der Waals surface area contributed by atoms with Crippen LogP contribution in [0.15, 0.2) is 34.9 Å². The molecule has 35 heavy (non-hydrogen) atoms. The highest BCUT2D eigenvalue weighted by atomic mass is 35.5. The quantitative estimate of drug-likeness (QED) is 0.552. The lowest BCUT2D eigenvalue weighted by atomic mass is 9.38. The third kappa shape index (κ3) is 4.69. The van der Waals surface area contributed by atoms with E-state index in [2.05, 4.69) is 10.3 Å². The van der Waals surface area contributed by atoms with Gasteiger partial charge in [-0.2, -0.15) is 0 Å². The van der Waals surface area contributed by atoms with Gasteiger partial charge in [-0.1, -0.05) is 17.7 Å². The predicted octanol–water partition coefficient (Wildman–Crippen LogP) is 3.79. The molecular weight excluding hydrogens is 477 g/mol. The molecule has 3 fully saturated rings. The molecule has 1 aromatic heterocycles. The molecular formula is C25H25ClFN3O5. The SMILES string of the molecule is CC(=O)N1CC=C(c2ncc(C(=O)CC34CC(NC(=O)COc5ccc(Cl)c(F)c5)(C3)C4)o2)CC1. The Morgan fingerprint density at radius 2 is 2.06 bits per heavy atom. The summed E-state index contributed by atoms with van der Waals surface area (Å²) in [7, 11) is 0. The Labute approximate surface area is 206 Å². The molecule has 1 N–H and O–H groups in total. The van der Waals surface area contributed by atoms with Crippen molar-refractivity contribution in [1.29, 1.82) is 0 Å². The van der Waals surface area contributed by atoms with Crippen molar-refractivity contribution in [3.8, 4) is 5.75 Å². The van der Waals surface area contributed by atoms with Crippen molar-refractivity contribution >= 4 is 34.8 Å². The van der Waals surface area contributed by atoms with E-state index in [9.17, 15) is 18.8 Å². The second-order valence-corrected chi connectivity index (χ2v) is 10.2. The first-order valence-corrected chi connectivity index (χ1v) is 11.9. The summed E-state index contributed by atoms with van der Waals surface area (Å²) in [5.74, 6) is -0.0691. The highest BCUT2D eigenvalue weighted by Crippen LogP contribution is 2.69. The van der Waals surface area contributed by atoms with Crippen molar-refractivity contribution in [3.63, 3.8) is 0 Å². The fourth-order valence-electron chi connectivity index (χ4n) is 5.49. The summed E-state index contributed by atoms with van der Waals surface area (Å²) < 4.78 is 24.6. The van der Waals surface area contributed by atoms with Crippen LogP contribution in [0.1, 0.15) is 55.5 Å². The molecule has 0 spiro atoms. The van der Waals surface area contributed by atoms with Gasteiger partial charge in [-0.3, -0.25) is 14.4 Å². The van der Waals surface area contributed by atoms with Crippen molar-refractivity contribution in [2.24, 2.45) is 5.41 Å². The minimum atomic E-state index is -0.607. The number of rotatable bonds is 8. The number of Topliss-reactive ketones (excluding diaryl/α,β-unsaturated/α-hetero) is 1. The highest BCUT2D eigenvalue weighted by molar-refractivity contribution is 6.30. The number of halogens is 2. The molecule has 2 bridgehead atoms.